The molecule has 0 heterocycles. The van der Waals surface area contributed by atoms with Gasteiger partial charge >= 0.3 is 0 Å². The van der Waals surface area contributed by atoms with E-state index in [9.17, 15) is 0 Å². The fourth-order valence-corrected chi connectivity index (χ4v) is 1.29. The summed E-state index contributed by atoms with van der Waals surface area (Å²) in [5, 5.41) is 0. The van der Waals surface area contributed by atoms with Crippen molar-refractivity contribution < 1.29 is 9.47 Å². The molecule has 0 fully saturated rings. The molecule has 2 nitrogen and oxygen atoms in total. The van der Waals surface area contributed by atoms with E-state index in [2.05, 4.69) is 6.08 Å². The van der Waals surface area contributed by atoms with Crippen LogP contribution in [0.15, 0.2) is 30.3 Å². The van der Waals surface area contributed by atoms with Crippen molar-refractivity contribution in [1.29, 1.82) is 0 Å². The molecule has 1 aromatic carbocycles. The average Bonchev–Trinajstić information content (AvgIpc) is 2.26. The Hall–Kier alpha value is -1.28. The second-order valence-electron chi connectivity index (χ2n) is 2.98. The van der Waals surface area contributed by atoms with Crippen LogP contribution in [0.2, 0.25) is 0 Å². The molecule has 0 bridgehead atoms. The third kappa shape index (κ3) is 2.60. The van der Waals surface area contributed by atoms with Gasteiger partial charge in [0.1, 0.15) is 5.75 Å². The first-order chi connectivity index (χ1) is 6.81. The van der Waals surface area contributed by atoms with Crippen LogP contribution in [0.25, 0.3) is 5.57 Å². The number of hydrogen-bond donors (Lipinski definition) is 0. The first kappa shape index (κ1) is 10.8. The fourth-order valence-electron chi connectivity index (χ4n) is 1.29. The molecule has 1 aromatic rings. The minimum absolute atomic E-state index is 0.642. The van der Waals surface area contributed by atoms with E-state index >= 15 is 0 Å². The smallest absolute Gasteiger partial charge is 0.118 e. The van der Waals surface area contributed by atoms with Crippen LogP contribution in [-0.4, -0.2) is 20.8 Å². The van der Waals surface area contributed by atoms with Gasteiger partial charge in [0, 0.05) is 7.11 Å². The van der Waals surface area contributed by atoms with Gasteiger partial charge in [0.05, 0.1) is 13.7 Å². The quantitative estimate of drug-likeness (QED) is 0.730. The predicted molar refractivity (Wildman–Crippen MR) is 58.5 cm³/mol. The third-order valence-corrected chi connectivity index (χ3v) is 2.11. The average molecular weight is 192 g/mol. The van der Waals surface area contributed by atoms with Gasteiger partial charge in [0.15, 0.2) is 0 Å². The highest BCUT2D eigenvalue weighted by molar-refractivity contribution is 5.66. The molecule has 0 N–H and O–H groups in total. The molecule has 0 aliphatic rings. The van der Waals surface area contributed by atoms with E-state index in [0.29, 0.717) is 6.61 Å². The molecule has 0 saturated heterocycles. The molecule has 0 aliphatic heterocycles. The van der Waals surface area contributed by atoms with Gasteiger partial charge in [-0.1, -0.05) is 18.2 Å². The maximum absolute atomic E-state index is 5.11. The van der Waals surface area contributed by atoms with Crippen molar-refractivity contribution >= 4 is 5.57 Å². The zero-order valence-corrected chi connectivity index (χ0v) is 8.91. The molecule has 0 saturated carbocycles. The lowest BCUT2D eigenvalue weighted by Gasteiger charge is -2.06. The van der Waals surface area contributed by atoms with Gasteiger partial charge < -0.3 is 9.47 Å². The van der Waals surface area contributed by atoms with Gasteiger partial charge in [0.2, 0.25) is 0 Å². The molecule has 0 unspecified atom stereocenters. The van der Waals surface area contributed by atoms with Crippen LogP contribution in [-0.2, 0) is 4.74 Å². The Labute approximate surface area is 85.2 Å². The van der Waals surface area contributed by atoms with Gasteiger partial charge in [0.25, 0.3) is 0 Å². The molecule has 0 radical (unpaired) electrons. The first-order valence-electron chi connectivity index (χ1n) is 4.60. The van der Waals surface area contributed by atoms with Gasteiger partial charge in [-0.2, -0.15) is 0 Å². The first-order valence-corrected chi connectivity index (χ1v) is 4.60. The van der Waals surface area contributed by atoms with Crippen LogP contribution in [0, 0.1) is 0 Å². The number of hydrogen-bond acceptors (Lipinski definition) is 2. The molecule has 76 valence electrons. The number of benzene rings is 1. The molecule has 2 heteroatoms. The lowest BCUT2D eigenvalue weighted by atomic mass is 10.1. The Morgan fingerprint density at radius 3 is 2.29 bits per heavy atom. The molecule has 0 aliphatic carbocycles. The Balaban J connectivity index is 2.84. The van der Waals surface area contributed by atoms with Crippen LogP contribution in [0.4, 0.5) is 0 Å². The second-order valence-corrected chi connectivity index (χ2v) is 2.98. The summed E-state index contributed by atoms with van der Waals surface area (Å²) in [5.74, 6) is 0.876. The number of methoxy groups -OCH3 is 2. The van der Waals surface area contributed by atoms with Gasteiger partial charge in [-0.25, -0.2) is 0 Å². The minimum Gasteiger partial charge on any atom is -0.497 e. The van der Waals surface area contributed by atoms with Crippen LogP contribution in [0.1, 0.15) is 12.5 Å². The largest absolute Gasteiger partial charge is 0.497 e. The number of rotatable bonds is 4. The van der Waals surface area contributed by atoms with E-state index in [1.807, 2.05) is 31.2 Å². The predicted octanol–water partition coefficient (Wildman–Crippen LogP) is 2.74. The lowest BCUT2D eigenvalue weighted by Crippen LogP contribution is -1.93. The number of ether oxygens (including phenoxy) is 2. The van der Waals surface area contributed by atoms with Crippen molar-refractivity contribution in [3.63, 3.8) is 0 Å². The summed E-state index contributed by atoms with van der Waals surface area (Å²) < 4.78 is 10.2. The van der Waals surface area contributed by atoms with Crippen molar-refractivity contribution in [2.75, 3.05) is 20.8 Å². The summed E-state index contributed by atoms with van der Waals surface area (Å²) in [6, 6.07) is 7.98. The second kappa shape index (κ2) is 5.45. The SMILES string of the molecule is C/C=C(\COC)c1ccc(OC)cc1. The molecule has 0 atom stereocenters. The zero-order chi connectivity index (χ0) is 10.4. The van der Waals surface area contributed by atoms with Crippen molar-refractivity contribution in [2.45, 2.75) is 6.92 Å². The van der Waals surface area contributed by atoms with Crippen molar-refractivity contribution in [1.82, 2.24) is 0 Å². The summed E-state index contributed by atoms with van der Waals surface area (Å²) in [5.41, 5.74) is 2.37. The van der Waals surface area contributed by atoms with Crippen molar-refractivity contribution in [3.8, 4) is 5.75 Å². The Morgan fingerprint density at radius 2 is 1.86 bits per heavy atom. The van der Waals surface area contributed by atoms with Gasteiger partial charge in [-0.05, 0) is 30.2 Å². The van der Waals surface area contributed by atoms with E-state index in [0.717, 1.165) is 5.75 Å². The fraction of sp³-hybridized carbons (Fsp3) is 0.333. The highest BCUT2D eigenvalue weighted by Gasteiger charge is 1.99. The maximum atomic E-state index is 5.11. The van der Waals surface area contributed by atoms with E-state index < -0.39 is 0 Å². The summed E-state index contributed by atoms with van der Waals surface area (Å²) in [7, 11) is 3.37. The molecule has 0 spiro atoms. The normalized spacial score (nSPS) is 11.5. The standard InChI is InChI=1S/C12H16O2/c1-4-10(9-13-2)11-5-7-12(14-3)8-6-11/h4-8H,9H2,1-3H3/b10-4+. The highest BCUT2D eigenvalue weighted by atomic mass is 16.5. The van der Waals surface area contributed by atoms with Crippen LogP contribution >= 0.6 is 0 Å². The Morgan fingerprint density at radius 1 is 1.21 bits per heavy atom. The molecule has 0 aromatic heterocycles. The van der Waals surface area contributed by atoms with E-state index in [1.54, 1.807) is 14.2 Å². The molecule has 0 amide bonds. The Kier molecular flexibility index (Phi) is 4.20. The maximum Gasteiger partial charge on any atom is 0.118 e. The molecule has 14 heavy (non-hydrogen) atoms. The van der Waals surface area contributed by atoms with E-state index in [4.69, 9.17) is 9.47 Å². The highest BCUT2D eigenvalue weighted by Crippen LogP contribution is 2.18. The summed E-state index contributed by atoms with van der Waals surface area (Å²) in [6.45, 7) is 2.65. The topological polar surface area (TPSA) is 18.5 Å². The lowest BCUT2D eigenvalue weighted by molar-refractivity contribution is 0.239. The monoisotopic (exact) mass is 192 g/mol. The third-order valence-electron chi connectivity index (χ3n) is 2.11. The minimum atomic E-state index is 0.642. The van der Waals surface area contributed by atoms with Gasteiger partial charge in [-0.3, -0.25) is 0 Å². The molecule has 1 rings (SSSR count). The van der Waals surface area contributed by atoms with Gasteiger partial charge in [-0.15, -0.1) is 0 Å². The van der Waals surface area contributed by atoms with Crippen LogP contribution in [0.5, 0.6) is 5.75 Å². The van der Waals surface area contributed by atoms with Crippen LogP contribution in [0.3, 0.4) is 0 Å². The van der Waals surface area contributed by atoms with E-state index in [-0.39, 0.29) is 0 Å². The summed E-state index contributed by atoms with van der Waals surface area (Å²) >= 11 is 0. The van der Waals surface area contributed by atoms with E-state index in [1.165, 1.54) is 11.1 Å². The van der Waals surface area contributed by atoms with Crippen molar-refractivity contribution in [3.05, 3.63) is 35.9 Å². The summed E-state index contributed by atoms with van der Waals surface area (Å²) in [6.07, 6.45) is 2.06. The summed E-state index contributed by atoms with van der Waals surface area (Å²) in [4.78, 5) is 0. The van der Waals surface area contributed by atoms with Crippen molar-refractivity contribution in [2.24, 2.45) is 0 Å². The van der Waals surface area contributed by atoms with Crippen LogP contribution < -0.4 is 4.74 Å². The molecular formula is C12H16O2. The molecular weight excluding hydrogens is 176 g/mol. The number of allylic oxidation sites excluding steroid dienone is 1. The zero-order valence-electron chi connectivity index (χ0n) is 8.91. The Bertz CT molecular complexity index is 299.